The van der Waals surface area contributed by atoms with Crippen molar-refractivity contribution < 1.29 is 5.11 Å². The minimum atomic E-state index is 0. The number of phenols is 1. The van der Waals surface area contributed by atoms with Gasteiger partial charge in [0.1, 0.15) is 11.3 Å². The molecule has 82 valence electrons. The smallest absolute Gasteiger partial charge is 0.141 e. The van der Waals surface area contributed by atoms with Crippen LogP contribution in [0, 0.1) is 0 Å². The highest BCUT2D eigenvalue weighted by Gasteiger charge is 2.03. The summed E-state index contributed by atoms with van der Waals surface area (Å²) in [5, 5.41) is 10.4. The maximum absolute atomic E-state index is 9.49. The molecule has 15 heavy (non-hydrogen) atoms. The van der Waals surface area contributed by atoms with Gasteiger partial charge in [-0.2, -0.15) is 0 Å². The molecule has 1 aromatic carbocycles. The van der Waals surface area contributed by atoms with Crippen LogP contribution in [-0.4, -0.2) is 10.1 Å². The van der Waals surface area contributed by atoms with Crippen LogP contribution in [0.3, 0.4) is 0 Å². The van der Waals surface area contributed by atoms with Crippen molar-refractivity contribution in [2.75, 3.05) is 0 Å². The van der Waals surface area contributed by atoms with Crippen LogP contribution in [0.2, 0.25) is 0 Å². The molecule has 0 saturated carbocycles. The number of benzene rings is 1. The Morgan fingerprint density at radius 1 is 1.20 bits per heavy atom. The number of hydrogen-bond donors (Lipinski definition) is 1. The number of hydrogen-bond acceptors (Lipinski definition) is 2. The molecular weight excluding hydrogens is 256 g/mol. The second-order valence-electron chi connectivity index (χ2n) is 2.78. The molecule has 5 heteroatoms. The van der Waals surface area contributed by atoms with Gasteiger partial charge in [-0.1, -0.05) is 12.1 Å². The highest BCUT2D eigenvalue weighted by molar-refractivity contribution is 6.18. The quantitative estimate of drug-likeness (QED) is 0.801. The van der Waals surface area contributed by atoms with Crippen LogP contribution in [0.4, 0.5) is 0 Å². The van der Waals surface area contributed by atoms with E-state index in [-0.39, 0.29) is 30.6 Å². The minimum Gasteiger partial charge on any atom is -0.506 e. The summed E-state index contributed by atoms with van der Waals surface area (Å²) >= 11 is 5.75. The number of fused-ring (bicyclic) bond motifs is 1. The van der Waals surface area contributed by atoms with Crippen molar-refractivity contribution in [3.63, 3.8) is 0 Å². The molecule has 0 atom stereocenters. The van der Waals surface area contributed by atoms with Crippen LogP contribution < -0.4 is 0 Å². The molecule has 0 bridgehead atoms. The fraction of sp³-hybridized carbons (Fsp3) is 0.100. The van der Waals surface area contributed by atoms with Gasteiger partial charge < -0.3 is 5.11 Å². The van der Waals surface area contributed by atoms with Crippen molar-refractivity contribution in [3.8, 4) is 5.75 Å². The molecule has 0 saturated heterocycles. The zero-order valence-electron chi connectivity index (χ0n) is 7.68. The summed E-state index contributed by atoms with van der Waals surface area (Å²) in [7, 11) is 0. The normalized spacial score (nSPS) is 9.13. The molecule has 0 fully saturated rings. The zero-order chi connectivity index (χ0) is 9.26. The molecule has 0 aliphatic rings. The maximum atomic E-state index is 9.49. The highest BCUT2D eigenvalue weighted by Crippen LogP contribution is 2.25. The lowest BCUT2D eigenvalue weighted by atomic mass is 10.1. The molecule has 0 amide bonds. The first-order valence-electron chi connectivity index (χ1n) is 3.94. The Morgan fingerprint density at radius 2 is 1.93 bits per heavy atom. The molecule has 2 nitrogen and oxygen atoms in total. The molecule has 0 radical (unpaired) electrons. The number of alkyl halides is 1. The van der Waals surface area contributed by atoms with Gasteiger partial charge in [-0.05, 0) is 17.7 Å². The summed E-state index contributed by atoms with van der Waals surface area (Å²) in [6.45, 7) is 0. The van der Waals surface area contributed by atoms with Gasteiger partial charge in [0.05, 0.1) is 0 Å². The van der Waals surface area contributed by atoms with Crippen molar-refractivity contribution in [2.45, 2.75) is 5.88 Å². The third kappa shape index (κ3) is 2.65. The average Bonchev–Trinajstić information content (AvgIpc) is 2.19. The number of aromatic hydroxyl groups is 1. The van der Waals surface area contributed by atoms with E-state index >= 15 is 0 Å². The Labute approximate surface area is 105 Å². The Balaban J connectivity index is 0.000000980. The van der Waals surface area contributed by atoms with E-state index in [0.29, 0.717) is 11.4 Å². The molecule has 2 rings (SSSR count). The third-order valence-electron chi connectivity index (χ3n) is 1.98. The number of nitrogens with zero attached hydrogens (tertiary/aromatic N) is 1. The molecule has 1 aromatic heterocycles. The van der Waals surface area contributed by atoms with Crippen LogP contribution in [0.5, 0.6) is 5.75 Å². The molecule has 0 spiro atoms. The van der Waals surface area contributed by atoms with E-state index in [9.17, 15) is 5.11 Å². The topological polar surface area (TPSA) is 33.1 Å². The maximum Gasteiger partial charge on any atom is 0.141 e. The van der Waals surface area contributed by atoms with Gasteiger partial charge in [0.25, 0.3) is 0 Å². The fourth-order valence-electron chi connectivity index (χ4n) is 1.33. The second-order valence-corrected chi connectivity index (χ2v) is 3.04. The lowest BCUT2D eigenvalue weighted by Crippen LogP contribution is -1.84. The van der Waals surface area contributed by atoms with Gasteiger partial charge in [-0.15, -0.1) is 36.4 Å². The summed E-state index contributed by atoms with van der Waals surface area (Å²) in [5.74, 6) is 0.632. The van der Waals surface area contributed by atoms with Crippen LogP contribution >= 0.6 is 36.4 Å². The van der Waals surface area contributed by atoms with Crippen molar-refractivity contribution >= 4 is 47.3 Å². The molecule has 1 heterocycles. The van der Waals surface area contributed by atoms with Crippen molar-refractivity contribution in [1.29, 1.82) is 0 Å². The summed E-state index contributed by atoms with van der Waals surface area (Å²) in [4.78, 5) is 4.08. The Bertz CT molecular complexity index is 448. The lowest BCUT2D eigenvalue weighted by Gasteiger charge is -2.03. The van der Waals surface area contributed by atoms with Crippen molar-refractivity contribution in [3.05, 3.63) is 36.0 Å². The fourth-order valence-corrected chi connectivity index (χ4v) is 1.57. The first kappa shape index (κ1) is 14.3. The van der Waals surface area contributed by atoms with E-state index < -0.39 is 0 Å². The Kier molecular flexibility index (Phi) is 5.73. The number of pyridine rings is 1. The predicted octanol–water partition coefficient (Wildman–Crippen LogP) is 3.52. The van der Waals surface area contributed by atoms with E-state index in [4.69, 9.17) is 11.6 Å². The third-order valence-corrected chi connectivity index (χ3v) is 2.27. The van der Waals surface area contributed by atoms with Crippen LogP contribution in [0.15, 0.2) is 30.5 Å². The first-order valence-corrected chi connectivity index (χ1v) is 4.48. The first-order chi connectivity index (χ1) is 6.33. The van der Waals surface area contributed by atoms with Crippen LogP contribution in [-0.2, 0) is 5.88 Å². The highest BCUT2D eigenvalue weighted by atomic mass is 35.5. The van der Waals surface area contributed by atoms with E-state index in [0.717, 1.165) is 10.9 Å². The standard InChI is InChI=1S/C10H8ClNO.2ClH/c11-6-7-3-4-9(13)10-8(7)2-1-5-12-10;;/h1-5,13H,6H2;2*1H. The van der Waals surface area contributed by atoms with Gasteiger partial charge in [0.15, 0.2) is 0 Å². The van der Waals surface area contributed by atoms with Crippen LogP contribution in [0.25, 0.3) is 10.9 Å². The lowest BCUT2D eigenvalue weighted by molar-refractivity contribution is 0.480. The molecule has 0 aliphatic heterocycles. The largest absolute Gasteiger partial charge is 0.506 e. The van der Waals surface area contributed by atoms with Gasteiger partial charge in [-0.3, -0.25) is 4.98 Å². The molecule has 0 aliphatic carbocycles. The summed E-state index contributed by atoms with van der Waals surface area (Å²) in [6.07, 6.45) is 1.65. The van der Waals surface area contributed by atoms with Crippen molar-refractivity contribution in [2.24, 2.45) is 0 Å². The van der Waals surface area contributed by atoms with E-state index in [1.165, 1.54) is 0 Å². The number of phenolic OH excluding ortho intramolecular Hbond substituents is 1. The SMILES string of the molecule is Cl.Cl.Oc1ccc(CCl)c2cccnc12. The number of halogens is 3. The Morgan fingerprint density at radius 3 is 2.60 bits per heavy atom. The van der Waals surface area contributed by atoms with E-state index in [1.54, 1.807) is 12.3 Å². The average molecular weight is 267 g/mol. The summed E-state index contributed by atoms with van der Waals surface area (Å²) < 4.78 is 0. The summed E-state index contributed by atoms with van der Waals surface area (Å²) in [6, 6.07) is 7.16. The molecular formula is C10H10Cl3NO. The number of rotatable bonds is 1. The van der Waals surface area contributed by atoms with E-state index in [1.807, 2.05) is 18.2 Å². The van der Waals surface area contributed by atoms with Gasteiger partial charge in [0.2, 0.25) is 0 Å². The predicted molar refractivity (Wildman–Crippen MR) is 67.5 cm³/mol. The van der Waals surface area contributed by atoms with Gasteiger partial charge in [0, 0.05) is 17.5 Å². The summed E-state index contributed by atoms with van der Waals surface area (Å²) in [5.41, 5.74) is 1.60. The molecule has 1 N–H and O–H groups in total. The van der Waals surface area contributed by atoms with Gasteiger partial charge in [-0.25, -0.2) is 0 Å². The monoisotopic (exact) mass is 265 g/mol. The Hall–Kier alpha value is -0.700. The van der Waals surface area contributed by atoms with E-state index in [2.05, 4.69) is 4.98 Å². The van der Waals surface area contributed by atoms with Crippen molar-refractivity contribution in [1.82, 2.24) is 4.98 Å². The number of aromatic nitrogens is 1. The second kappa shape index (κ2) is 6.01. The molecule has 0 unspecified atom stereocenters. The van der Waals surface area contributed by atoms with Gasteiger partial charge >= 0.3 is 0 Å². The zero-order valence-corrected chi connectivity index (χ0v) is 10.1. The minimum absolute atomic E-state index is 0. The van der Waals surface area contributed by atoms with Crippen LogP contribution in [0.1, 0.15) is 5.56 Å². The molecule has 2 aromatic rings.